The quantitative estimate of drug-likeness (QED) is 0.645. The molecule has 6 nitrogen and oxygen atoms in total. The summed E-state index contributed by atoms with van der Waals surface area (Å²) in [6, 6.07) is 11.2. The molecular formula is C21H27NO5. The van der Waals surface area contributed by atoms with Gasteiger partial charge in [0.2, 0.25) is 5.75 Å². The number of methoxy groups -OCH3 is 3. The normalized spacial score (nSPS) is 10.2. The van der Waals surface area contributed by atoms with E-state index in [1.54, 1.807) is 12.1 Å². The maximum absolute atomic E-state index is 12.4. The van der Waals surface area contributed by atoms with Gasteiger partial charge in [-0.05, 0) is 44.0 Å². The lowest BCUT2D eigenvalue weighted by atomic mass is 10.1. The fraction of sp³-hybridized carbons (Fsp3) is 0.381. The lowest BCUT2D eigenvalue weighted by Crippen LogP contribution is -2.24. The number of carbonyl (C=O) groups excluding carboxylic acids is 1. The number of ether oxygens (including phenoxy) is 4. The van der Waals surface area contributed by atoms with Gasteiger partial charge in [0, 0.05) is 12.1 Å². The third-order valence-electron chi connectivity index (χ3n) is 4.07. The number of hydrogen-bond donors (Lipinski definition) is 1. The standard InChI is InChI=1S/C21H27NO5/c1-15-7-9-17(10-8-15)27-12-6-5-11-22-21(23)16-13-18(24-2)20(26-4)19(14-16)25-3/h7-10,13-14H,5-6,11-12H2,1-4H3,(H,22,23). The summed E-state index contributed by atoms with van der Waals surface area (Å²) >= 11 is 0. The number of rotatable bonds is 10. The first-order valence-electron chi connectivity index (χ1n) is 8.86. The van der Waals surface area contributed by atoms with Gasteiger partial charge in [0.05, 0.1) is 27.9 Å². The van der Waals surface area contributed by atoms with Crippen molar-refractivity contribution in [1.82, 2.24) is 5.32 Å². The molecule has 0 fully saturated rings. The van der Waals surface area contributed by atoms with Crippen molar-refractivity contribution < 1.29 is 23.7 Å². The number of carbonyl (C=O) groups is 1. The number of amides is 1. The van der Waals surface area contributed by atoms with E-state index in [1.807, 2.05) is 31.2 Å². The van der Waals surface area contributed by atoms with Crippen LogP contribution in [0.25, 0.3) is 0 Å². The molecule has 146 valence electrons. The molecule has 27 heavy (non-hydrogen) atoms. The minimum absolute atomic E-state index is 0.186. The van der Waals surface area contributed by atoms with Gasteiger partial charge in [-0.1, -0.05) is 17.7 Å². The molecular weight excluding hydrogens is 346 g/mol. The van der Waals surface area contributed by atoms with Gasteiger partial charge in [0.1, 0.15) is 5.75 Å². The van der Waals surface area contributed by atoms with Crippen LogP contribution in [-0.4, -0.2) is 40.4 Å². The van der Waals surface area contributed by atoms with Crippen LogP contribution in [0, 0.1) is 6.92 Å². The highest BCUT2D eigenvalue weighted by molar-refractivity contribution is 5.95. The molecule has 0 atom stereocenters. The molecule has 1 amide bonds. The van der Waals surface area contributed by atoms with Crippen molar-refractivity contribution in [2.75, 3.05) is 34.5 Å². The van der Waals surface area contributed by atoms with Gasteiger partial charge in [-0.2, -0.15) is 0 Å². The van der Waals surface area contributed by atoms with E-state index in [4.69, 9.17) is 18.9 Å². The van der Waals surface area contributed by atoms with E-state index in [0.29, 0.717) is 36.0 Å². The summed E-state index contributed by atoms with van der Waals surface area (Å²) in [5.41, 5.74) is 1.66. The first kappa shape index (κ1) is 20.4. The van der Waals surface area contributed by atoms with Crippen LogP contribution in [0.1, 0.15) is 28.8 Å². The molecule has 2 aromatic carbocycles. The van der Waals surface area contributed by atoms with Crippen molar-refractivity contribution in [3.63, 3.8) is 0 Å². The molecule has 0 aliphatic heterocycles. The zero-order valence-corrected chi connectivity index (χ0v) is 16.3. The highest BCUT2D eigenvalue weighted by atomic mass is 16.5. The Bertz CT molecular complexity index is 718. The average Bonchev–Trinajstić information content (AvgIpc) is 2.70. The molecule has 0 saturated heterocycles. The molecule has 0 aliphatic carbocycles. The zero-order chi connectivity index (χ0) is 19.6. The molecule has 0 heterocycles. The third-order valence-corrected chi connectivity index (χ3v) is 4.07. The van der Waals surface area contributed by atoms with Crippen LogP contribution in [0.15, 0.2) is 36.4 Å². The summed E-state index contributed by atoms with van der Waals surface area (Å²) in [7, 11) is 4.57. The Kier molecular flexibility index (Phi) is 7.79. The second kappa shape index (κ2) is 10.3. The second-order valence-electron chi connectivity index (χ2n) is 6.04. The molecule has 6 heteroatoms. The van der Waals surface area contributed by atoms with Crippen molar-refractivity contribution in [3.05, 3.63) is 47.5 Å². The Morgan fingerprint density at radius 1 is 0.926 bits per heavy atom. The van der Waals surface area contributed by atoms with E-state index in [9.17, 15) is 4.79 Å². The molecule has 2 rings (SSSR count). The highest BCUT2D eigenvalue weighted by Crippen LogP contribution is 2.38. The first-order chi connectivity index (χ1) is 13.1. The largest absolute Gasteiger partial charge is 0.494 e. The molecule has 1 N–H and O–H groups in total. The van der Waals surface area contributed by atoms with Crippen molar-refractivity contribution in [3.8, 4) is 23.0 Å². The molecule has 0 saturated carbocycles. The maximum Gasteiger partial charge on any atom is 0.251 e. The Balaban J connectivity index is 1.79. The monoisotopic (exact) mass is 373 g/mol. The molecule has 0 aromatic heterocycles. The fourth-order valence-corrected chi connectivity index (χ4v) is 2.57. The van der Waals surface area contributed by atoms with Crippen LogP contribution in [-0.2, 0) is 0 Å². The van der Waals surface area contributed by atoms with Gasteiger partial charge in [-0.3, -0.25) is 4.79 Å². The highest BCUT2D eigenvalue weighted by Gasteiger charge is 2.16. The maximum atomic E-state index is 12.4. The summed E-state index contributed by atoms with van der Waals surface area (Å²) < 4.78 is 21.5. The van der Waals surface area contributed by atoms with Crippen LogP contribution in [0.5, 0.6) is 23.0 Å². The topological polar surface area (TPSA) is 66.0 Å². The average molecular weight is 373 g/mol. The number of nitrogens with one attached hydrogen (secondary N) is 1. The fourth-order valence-electron chi connectivity index (χ4n) is 2.57. The van der Waals surface area contributed by atoms with Crippen LogP contribution < -0.4 is 24.3 Å². The van der Waals surface area contributed by atoms with Crippen LogP contribution in [0.4, 0.5) is 0 Å². The Morgan fingerprint density at radius 2 is 1.56 bits per heavy atom. The minimum atomic E-state index is -0.186. The van der Waals surface area contributed by atoms with Gasteiger partial charge in [0.25, 0.3) is 5.91 Å². The second-order valence-corrected chi connectivity index (χ2v) is 6.04. The number of aryl methyl sites for hydroxylation is 1. The predicted molar refractivity (Wildman–Crippen MR) is 104 cm³/mol. The van der Waals surface area contributed by atoms with E-state index >= 15 is 0 Å². The van der Waals surface area contributed by atoms with Crippen LogP contribution in [0.2, 0.25) is 0 Å². The van der Waals surface area contributed by atoms with Crippen LogP contribution >= 0.6 is 0 Å². The van der Waals surface area contributed by atoms with Crippen molar-refractivity contribution in [2.24, 2.45) is 0 Å². The summed E-state index contributed by atoms with van der Waals surface area (Å²) in [4.78, 5) is 12.4. The lowest BCUT2D eigenvalue weighted by molar-refractivity contribution is 0.0951. The summed E-state index contributed by atoms with van der Waals surface area (Å²) in [5, 5.41) is 2.90. The molecule has 0 radical (unpaired) electrons. The Labute approximate surface area is 160 Å². The van der Waals surface area contributed by atoms with Crippen molar-refractivity contribution in [1.29, 1.82) is 0 Å². The molecule has 0 spiro atoms. The number of benzene rings is 2. The van der Waals surface area contributed by atoms with Gasteiger partial charge in [-0.25, -0.2) is 0 Å². The first-order valence-corrected chi connectivity index (χ1v) is 8.86. The number of unbranched alkanes of at least 4 members (excludes halogenated alkanes) is 1. The minimum Gasteiger partial charge on any atom is -0.494 e. The van der Waals surface area contributed by atoms with E-state index in [2.05, 4.69) is 5.32 Å². The Hall–Kier alpha value is -2.89. The van der Waals surface area contributed by atoms with Gasteiger partial charge in [0.15, 0.2) is 11.5 Å². The van der Waals surface area contributed by atoms with E-state index in [1.165, 1.54) is 26.9 Å². The molecule has 0 unspecified atom stereocenters. The van der Waals surface area contributed by atoms with E-state index in [0.717, 1.165) is 18.6 Å². The summed E-state index contributed by atoms with van der Waals surface area (Å²) in [5.74, 6) is 2.04. The Morgan fingerprint density at radius 3 is 2.11 bits per heavy atom. The van der Waals surface area contributed by atoms with Gasteiger partial charge < -0.3 is 24.3 Å². The van der Waals surface area contributed by atoms with Crippen molar-refractivity contribution >= 4 is 5.91 Å². The van der Waals surface area contributed by atoms with Crippen LogP contribution in [0.3, 0.4) is 0 Å². The van der Waals surface area contributed by atoms with Gasteiger partial charge in [-0.15, -0.1) is 0 Å². The summed E-state index contributed by atoms with van der Waals surface area (Å²) in [6.07, 6.45) is 1.67. The smallest absolute Gasteiger partial charge is 0.251 e. The zero-order valence-electron chi connectivity index (χ0n) is 16.3. The summed E-state index contributed by atoms with van der Waals surface area (Å²) in [6.45, 7) is 3.22. The number of hydrogen-bond acceptors (Lipinski definition) is 5. The van der Waals surface area contributed by atoms with Crippen molar-refractivity contribution in [2.45, 2.75) is 19.8 Å². The van der Waals surface area contributed by atoms with Gasteiger partial charge >= 0.3 is 0 Å². The molecule has 2 aromatic rings. The third kappa shape index (κ3) is 5.81. The molecule has 0 bridgehead atoms. The van der Waals surface area contributed by atoms with E-state index < -0.39 is 0 Å². The molecule has 0 aliphatic rings. The SMILES string of the molecule is COc1cc(C(=O)NCCCCOc2ccc(C)cc2)cc(OC)c1OC. The lowest BCUT2D eigenvalue weighted by Gasteiger charge is -2.14. The van der Waals surface area contributed by atoms with E-state index in [-0.39, 0.29) is 5.91 Å². The predicted octanol–water partition coefficient (Wildman–Crippen LogP) is 3.61.